The Kier molecular flexibility index (Phi) is 4.50. The van der Waals surface area contributed by atoms with Crippen LogP contribution in [-0.2, 0) is 14.4 Å². The normalized spacial score (nSPS) is 28.0. The molecule has 4 atom stereocenters. The molecule has 3 amide bonds. The van der Waals surface area contributed by atoms with Gasteiger partial charge in [-0.15, -0.1) is 0 Å². The molecule has 1 aromatic carbocycles. The van der Waals surface area contributed by atoms with Crippen molar-refractivity contribution in [3.05, 3.63) is 36.4 Å². The van der Waals surface area contributed by atoms with Gasteiger partial charge in [-0.2, -0.15) is 0 Å². The highest BCUT2D eigenvalue weighted by Gasteiger charge is 2.59. The number of carbonyl (C=O) groups excluding carboxylic acids is 3. The molecule has 142 valence electrons. The molecule has 0 unspecified atom stereocenters. The van der Waals surface area contributed by atoms with Crippen molar-refractivity contribution in [3.8, 4) is 5.75 Å². The van der Waals surface area contributed by atoms with Crippen LogP contribution >= 0.6 is 0 Å². The Morgan fingerprint density at radius 2 is 1.67 bits per heavy atom. The van der Waals surface area contributed by atoms with E-state index in [9.17, 15) is 14.4 Å². The summed E-state index contributed by atoms with van der Waals surface area (Å²) in [5, 5.41) is 0. The molecule has 1 aromatic rings. The molecule has 1 saturated heterocycles. The maximum absolute atomic E-state index is 12.9. The lowest BCUT2D eigenvalue weighted by molar-refractivity contribution is -0.143. The second kappa shape index (κ2) is 6.83. The number of anilines is 1. The van der Waals surface area contributed by atoms with E-state index in [0.29, 0.717) is 13.2 Å². The van der Waals surface area contributed by atoms with Gasteiger partial charge in [0.1, 0.15) is 12.3 Å². The van der Waals surface area contributed by atoms with Crippen molar-refractivity contribution >= 4 is 23.4 Å². The lowest BCUT2D eigenvalue weighted by Crippen LogP contribution is -2.44. The van der Waals surface area contributed by atoms with Crippen molar-refractivity contribution < 1.29 is 19.1 Å². The van der Waals surface area contributed by atoms with Gasteiger partial charge in [-0.3, -0.25) is 19.3 Å². The second-order valence-corrected chi connectivity index (χ2v) is 7.33. The Hall–Kier alpha value is -2.63. The Morgan fingerprint density at radius 1 is 1.07 bits per heavy atom. The van der Waals surface area contributed by atoms with Crippen LogP contribution in [0.15, 0.2) is 36.4 Å². The van der Waals surface area contributed by atoms with Gasteiger partial charge in [0.25, 0.3) is 0 Å². The predicted molar refractivity (Wildman–Crippen MR) is 100 cm³/mol. The minimum Gasteiger partial charge on any atom is -0.494 e. The molecule has 6 heteroatoms. The molecule has 0 aromatic heterocycles. The lowest BCUT2D eigenvalue weighted by atomic mass is 9.85. The number of likely N-dealkylation sites (tertiary alicyclic amines) is 1. The van der Waals surface area contributed by atoms with Gasteiger partial charge in [-0.1, -0.05) is 12.2 Å². The topological polar surface area (TPSA) is 66.9 Å². The van der Waals surface area contributed by atoms with Gasteiger partial charge in [0.2, 0.25) is 17.7 Å². The summed E-state index contributed by atoms with van der Waals surface area (Å²) in [5.41, 5.74) is 0.729. The summed E-state index contributed by atoms with van der Waals surface area (Å²) in [6, 6.07) is 7.27. The van der Waals surface area contributed by atoms with E-state index >= 15 is 0 Å². The molecular formula is C21H24N2O4. The van der Waals surface area contributed by atoms with Gasteiger partial charge in [0, 0.05) is 12.2 Å². The lowest BCUT2D eigenvalue weighted by Gasteiger charge is -2.24. The second-order valence-electron chi connectivity index (χ2n) is 7.33. The smallest absolute Gasteiger partial charge is 0.247 e. The minimum absolute atomic E-state index is 0.157. The quantitative estimate of drug-likeness (QED) is 0.571. The summed E-state index contributed by atoms with van der Waals surface area (Å²) in [5.74, 6) is -0.0819. The Bertz CT molecular complexity index is 771. The van der Waals surface area contributed by atoms with Crippen molar-refractivity contribution in [1.82, 2.24) is 4.90 Å². The van der Waals surface area contributed by atoms with Crippen LogP contribution in [0.2, 0.25) is 0 Å². The largest absolute Gasteiger partial charge is 0.494 e. The van der Waals surface area contributed by atoms with Crippen molar-refractivity contribution in [2.24, 2.45) is 23.7 Å². The van der Waals surface area contributed by atoms with Crippen LogP contribution in [0.4, 0.5) is 5.69 Å². The minimum atomic E-state index is -0.263. The summed E-state index contributed by atoms with van der Waals surface area (Å²) in [4.78, 5) is 41.2. The van der Waals surface area contributed by atoms with E-state index in [-0.39, 0.29) is 47.9 Å². The monoisotopic (exact) mass is 368 g/mol. The first-order valence-electron chi connectivity index (χ1n) is 9.62. The van der Waals surface area contributed by atoms with Crippen molar-refractivity contribution in [1.29, 1.82) is 0 Å². The number of ether oxygens (including phenoxy) is 1. The van der Waals surface area contributed by atoms with Crippen LogP contribution in [0.5, 0.6) is 5.75 Å². The number of rotatable bonds is 6. The van der Waals surface area contributed by atoms with E-state index in [1.807, 2.05) is 38.1 Å². The first-order chi connectivity index (χ1) is 13.0. The molecule has 1 heterocycles. The molecule has 0 spiro atoms. The molecule has 1 aliphatic heterocycles. The van der Waals surface area contributed by atoms with Crippen molar-refractivity contribution in [3.63, 3.8) is 0 Å². The SMILES string of the molecule is CCOc1ccc(N(CC)C(=O)CN2C(=O)[C@@H]3[C@@H](C2=O)[C@H]2C=C[C@H]3C2)cc1. The highest BCUT2D eigenvalue weighted by atomic mass is 16.5. The number of likely N-dealkylation sites (N-methyl/N-ethyl adjacent to an activating group) is 1. The maximum Gasteiger partial charge on any atom is 0.247 e. The van der Waals surface area contributed by atoms with Crippen molar-refractivity contribution in [2.75, 3.05) is 24.6 Å². The van der Waals surface area contributed by atoms with Crippen LogP contribution in [0.3, 0.4) is 0 Å². The Labute approximate surface area is 158 Å². The van der Waals surface area contributed by atoms with Gasteiger partial charge >= 0.3 is 0 Å². The summed E-state index contributed by atoms with van der Waals surface area (Å²) < 4.78 is 5.43. The molecule has 2 bridgehead atoms. The number of benzene rings is 1. The zero-order valence-electron chi connectivity index (χ0n) is 15.6. The van der Waals surface area contributed by atoms with Crippen LogP contribution < -0.4 is 9.64 Å². The third kappa shape index (κ3) is 2.83. The van der Waals surface area contributed by atoms with Crippen LogP contribution in [-0.4, -0.2) is 42.3 Å². The summed E-state index contributed by atoms with van der Waals surface area (Å²) in [6.07, 6.45) is 5.00. The number of carbonyl (C=O) groups is 3. The first kappa shape index (κ1) is 17.8. The summed E-state index contributed by atoms with van der Waals surface area (Å²) in [6.45, 7) is 4.64. The molecular weight excluding hydrogens is 344 g/mol. The first-order valence-corrected chi connectivity index (χ1v) is 9.62. The van der Waals surface area contributed by atoms with E-state index in [4.69, 9.17) is 4.74 Å². The maximum atomic E-state index is 12.9. The van der Waals surface area contributed by atoms with Crippen molar-refractivity contribution in [2.45, 2.75) is 20.3 Å². The molecule has 27 heavy (non-hydrogen) atoms. The van der Waals surface area contributed by atoms with E-state index in [1.54, 1.807) is 4.90 Å². The van der Waals surface area contributed by atoms with Gasteiger partial charge in [0.05, 0.1) is 18.4 Å². The van der Waals surface area contributed by atoms with E-state index < -0.39 is 0 Å². The molecule has 0 radical (unpaired) electrons. The van der Waals surface area contributed by atoms with E-state index in [1.165, 1.54) is 4.90 Å². The molecule has 2 aliphatic carbocycles. The number of fused-ring (bicyclic) bond motifs is 5. The van der Waals surface area contributed by atoms with Gasteiger partial charge in [0.15, 0.2) is 0 Å². The molecule has 2 fully saturated rings. The fourth-order valence-electron chi connectivity index (χ4n) is 4.73. The third-order valence-corrected chi connectivity index (χ3v) is 5.93. The fourth-order valence-corrected chi connectivity index (χ4v) is 4.73. The molecule has 0 N–H and O–H groups in total. The highest BCUT2D eigenvalue weighted by Crippen LogP contribution is 2.52. The number of hydrogen-bond donors (Lipinski definition) is 0. The Morgan fingerprint density at radius 3 is 2.19 bits per heavy atom. The number of amides is 3. The summed E-state index contributed by atoms with van der Waals surface area (Å²) in [7, 11) is 0. The highest BCUT2D eigenvalue weighted by molar-refractivity contribution is 6.10. The van der Waals surface area contributed by atoms with Crippen LogP contribution in [0.25, 0.3) is 0 Å². The molecule has 3 aliphatic rings. The average Bonchev–Trinajstić information content (AvgIpc) is 3.34. The van der Waals surface area contributed by atoms with Crippen LogP contribution in [0.1, 0.15) is 20.3 Å². The number of hydrogen-bond acceptors (Lipinski definition) is 4. The average molecular weight is 368 g/mol. The molecule has 4 rings (SSSR count). The van der Waals surface area contributed by atoms with Gasteiger partial charge < -0.3 is 9.64 Å². The zero-order chi connectivity index (χ0) is 19.1. The zero-order valence-corrected chi connectivity index (χ0v) is 15.6. The van der Waals surface area contributed by atoms with Gasteiger partial charge in [-0.05, 0) is 56.4 Å². The molecule has 6 nitrogen and oxygen atoms in total. The Balaban J connectivity index is 1.48. The van der Waals surface area contributed by atoms with E-state index in [2.05, 4.69) is 12.2 Å². The standard InChI is InChI=1S/C21H24N2O4/c1-3-22(15-7-9-16(10-8-15)27-4-2)17(24)12-23-20(25)18-13-5-6-14(11-13)19(18)21(23)26/h5-10,13-14,18-19H,3-4,11-12H2,1-2H3/t13-,14-,18-,19-/m0/s1. The number of imide groups is 1. The summed E-state index contributed by atoms with van der Waals surface area (Å²) >= 11 is 0. The number of allylic oxidation sites excluding steroid dienone is 2. The predicted octanol–water partition coefficient (Wildman–Crippen LogP) is 2.25. The molecule has 1 saturated carbocycles. The number of nitrogens with zero attached hydrogens (tertiary/aromatic N) is 2. The van der Waals surface area contributed by atoms with Crippen LogP contribution in [0, 0.1) is 23.7 Å². The fraction of sp³-hybridized carbons (Fsp3) is 0.476. The van der Waals surface area contributed by atoms with E-state index in [0.717, 1.165) is 17.9 Å². The van der Waals surface area contributed by atoms with Gasteiger partial charge in [-0.25, -0.2) is 0 Å². The third-order valence-electron chi connectivity index (χ3n) is 5.93.